The molecule has 1 unspecified atom stereocenters. The summed E-state index contributed by atoms with van der Waals surface area (Å²) in [5.41, 5.74) is 6.97. The maximum Gasteiger partial charge on any atom is 0.232 e. The van der Waals surface area contributed by atoms with Gasteiger partial charge in [-0.2, -0.15) is 4.52 Å². The SMILES string of the molecule is CC(CC(N)=O)Cc1nc2ccc(Sc3nnc4ccc(OC5CCCCC5)nn34)cc2s1. The van der Waals surface area contributed by atoms with Crippen molar-refractivity contribution in [3.8, 4) is 5.88 Å². The highest BCUT2D eigenvalue weighted by Crippen LogP contribution is 2.32. The summed E-state index contributed by atoms with van der Waals surface area (Å²) in [7, 11) is 0. The molecule has 1 aliphatic rings. The number of nitrogens with two attached hydrogens (primary N) is 1. The van der Waals surface area contributed by atoms with Crippen LogP contribution in [0.25, 0.3) is 15.9 Å². The van der Waals surface area contributed by atoms with Crippen LogP contribution in [0.15, 0.2) is 40.4 Å². The number of thiazole rings is 1. The summed E-state index contributed by atoms with van der Waals surface area (Å²) >= 11 is 3.16. The summed E-state index contributed by atoms with van der Waals surface area (Å²) in [5.74, 6) is 0.516. The van der Waals surface area contributed by atoms with E-state index in [4.69, 9.17) is 15.5 Å². The summed E-state index contributed by atoms with van der Waals surface area (Å²) in [6.45, 7) is 2.02. The van der Waals surface area contributed by atoms with Gasteiger partial charge in [0.2, 0.25) is 16.9 Å². The standard InChI is InChI=1S/C23H26N6O2S2/c1-14(11-19(24)30)12-22-25-17-8-7-16(13-18(17)33-22)32-23-27-26-20-9-10-21(28-29(20)23)31-15-5-3-2-4-6-15/h7-10,13-15H,2-6,11-12H2,1H3,(H2,24,30). The Labute approximate surface area is 199 Å². The number of rotatable bonds is 8. The number of primary amides is 1. The van der Waals surface area contributed by atoms with Crippen LogP contribution in [0.1, 0.15) is 50.5 Å². The van der Waals surface area contributed by atoms with Crippen LogP contribution in [0.3, 0.4) is 0 Å². The Hall–Kier alpha value is -2.72. The first kappa shape index (κ1) is 22.1. The number of hydrogen-bond acceptors (Lipinski definition) is 8. The van der Waals surface area contributed by atoms with Gasteiger partial charge in [-0.1, -0.05) is 13.3 Å². The average molecular weight is 483 g/mol. The van der Waals surface area contributed by atoms with E-state index in [9.17, 15) is 4.79 Å². The van der Waals surface area contributed by atoms with Crippen LogP contribution in [0.2, 0.25) is 0 Å². The first-order chi connectivity index (χ1) is 16.0. The summed E-state index contributed by atoms with van der Waals surface area (Å²) in [6.07, 6.45) is 7.24. The van der Waals surface area contributed by atoms with Gasteiger partial charge in [0.25, 0.3) is 0 Å². The summed E-state index contributed by atoms with van der Waals surface area (Å²) < 4.78 is 8.97. The molecule has 5 rings (SSSR count). The molecule has 1 aromatic carbocycles. The van der Waals surface area contributed by atoms with Gasteiger partial charge in [-0.25, -0.2) is 4.98 Å². The van der Waals surface area contributed by atoms with Crippen molar-refractivity contribution in [3.05, 3.63) is 35.3 Å². The zero-order chi connectivity index (χ0) is 22.8. The number of benzene rings is 1. The lowest BCUT2D eigenvalue weighted by Gasteiger charge is -2.22. The Kier molecular flexibility index (Phi) is 6.45. The average Bonchev–Trinajstić information content (AvgIpc) is 3.37. The van der Waals surface area contributed by atoms with E-state index in [0.717, 1.165) is 39.4 Å². The van der Waals surface area contributed by atoms with Crippen LogP contribution < -0.4 is 10.5 Å². The van der Waals surface area contributed by atoms with E-state index in [1.165, 1.54) is 31.0 Å². The molecule has 8 nitrogen and oxygen atoms in total. The molecular weight excluding hydrogens is 456 g/mol. The van der Waals surface area contributed by atoms with E-state index in [1.54, 1.807) is 15.9 Å². The van der Waals surface area contributed by atoms with E-state index >= 15 is 0 Å². The lowest BCUT2D eigenvalue weighted by Crippen LogP contribution is -2.20. The van der Waals surface area contributed by atoms with Crippen LogP contribution in [0.4, 0.5) is 0 Å². The molecule has 0 aliphatic heterocycles. The molecule has 0 bridgehead atoms. The number of aromatic nitrogens is 5. The van der Waals surface area contributed by atoms with Crippen molar-refractivity contribution in [2.75, 3.05) is 0 Å². The molecule has 1 atom stereocenters. The summed E-state index contributed by atoms with van der Waals surface area (Å²) in [4.78, 5) is 16.9. The third kappa shape index (κ3) is 5.27. The molecule has 1 fully saturated rings. The number of carbonyl (C=O) groups excluding carboxylic acids is 1. The molecule has 10 heteroatoms. The van der Waals surface area contributed by atoms with Gasteiger partial charge in [0.15, 0.2) is 5.65 Å². The highest BCUT2D eigenvalue weighted by molar-refractivity contribution is 7.99. The Balaban J connectivity index is 1.33. The molecular formula is C23H26N6O2S2. The zero-order valence-electron chi connectivity index (χ0n) is 18.4. The predicted octanol–water partition coefficient (Wildman–Crippen LogP) is 4.65. The van der Waals surface area contributed by atoms with Gasteiger partial charge >= 0.3 is 0 Å². The van der Waals surface area contributed by atoms with Crippen molar-refractivity contribution in [2.24, 2.45) is 11.7 Å². The number of nitrogens with zero attached hydrogens (tertiary/aromatic N) is 5. The minimum absolute atomic E-state index is 0.176. The van der Waals surface area contributed by atoms with E-state index in [1.807, 2.05) is 31.2 Å². The molecule has 0 spiro atoms. The molecule has 3 heterocycles. The third-order valence-electron chi connectivity index (χ3n) is 5.74. The van der Waals surface area contributed by atoms with Gasteiger partial charge in [0, 0.05) is 23.8 Å². The van der Waals surface area contributed by atoms with E-state index in [0.29, 0.717) is 23.1 Å². The largest absolute Gasteiger partial charge is 0.473 e. The Morgan fingerprint density at radius 1 is 1.24 bits per heavy atom. The second-order valence-electron chi connectivity index (χ2n) is 8.62. The van der Waals surface area contributed by atoms with Crippen LogP contribution in [0.5, 0.6) is 5.88 Å². The van der Waals surface area contributed by atoms with Crippen molar-refractivity contribution in [1.29, 1.82) is 0 Å². The highest BCUT2D eigenvalue weighted by Gasteiger charge is 2.17. The predicted molar refractivity (Wildman–Crippen MR) is 129 cm³/mol. The smallest absolute Gasteiger partial charge is 0.232 e. The Bertz CT molecular complexity index is 1280. The second kappa shape index (κ2) is 9.64. The maximum absolute atomic E-state index is 11.2. The molecule has 172 valence electrons. The van der Waals surface area contributed by atoms with E-state index in [2.05, 4.69) is 21.4 Å². The zero-order valence-corrected chi connectivity index (χ0v) is 20.1. The van der Waals surface area contributed by atoms with Crippen LogP contribution in [-0.4, -0.2) is 36.8 Å². The molecule has 3 aromatic heterocycles. The molecule has 4 aromatic rings. The third-order valence-corrected chi connectivity index (χ3v) is 7.70. The number of carbonyl (C=O) groups is 1. The van der Waals surface area contributed by atoms with Crippen LogP contribution in [-0.2, 0) is 11.2 Å². The fraction of sp³-hybridized carbons (Fsp3) is 0.435. The molecule has 0 radical (unpaired) electrons. The molecule has 0 saturated heterocycles. The van der Waals surface area contributed by atoms with Crippen molar-refractivity contribution >= 4 is 44.9 Å². The van der Waals surface area contributed by atoms with Crippen molar-refractivity contribution in [3.63, 3.8) is 0 Å². The van der Waals surface area contributed by atoms with E-state index in [-0.39, 0.29) is 17.9 Å². The molecule has 1 amide bonds. The molecule has 2 N–H and O–H groups in total. The maximum atomic E-state index is 11.2. The van der Waals surface area contributed by atoms with Gasteiger partial charge in [-0.3, -0.25) is 4.79 Å². The second-order valence-corrected chi connectivity index (χ2v) is 10.8. The summed E-state index contributed by atoms with van der Waals surface area (Å²) in [6, 6.07) is 9.94. The molecule has 1 aliphatic carbocycles. The first-order valence-electron chi connectivity index (χ1n) is 11.3. The lowest BCUT2D eigenvalue weighted by molar-refractivity contribution is -0.118. The summed E-state index contributed by atoms with van der Waals surface area (Å²) in [5, 5.41) is 14.9. The highest BCUT2D eigenvalue weighted by atomic mass is 32.2. The topological polar surface area (TPSA) is 108 Å². The number of hydrogen-bond donors (Lipinski definition) is 1. The van der Waals surface area contributed by atoms with Gasteiger partial charge in [0.1, 0.15) is 6.10 Å². The van der Waals surface area contributed by atoms with Crippen molar-refractivity contribution in [1.82, 2.24) is 24.8 Å². The Morgan fingerprint density at radius 3 is 2.91 bits per heavy atom. The van der Waals surface area contributed by atoms with Gasteiger partial charge in [-0.15, -0.1) is 26.6 Å². The fourth-order valence-electron chi connectivity index (χ4n) is 4.16. The minimum Gasteiger partial charge on any atom is -0.473 e. The van der Waals surface area contributed by atoms with Crippen molar-refractivity contribution < 1.29 is 9.53 Å². The minimum atomic E-state index is -0.274. The number of fused-ring (bicyclic) bond motifs is 2. The van der Waals surface area contributed by atoms with Gasteiger partial charge < -0.3 is 10.5 Å². The Morgan fingerprint density at radius 2 is 2.09 bits per heavy atom. The quantitative estimate of drug-likeness (QED) is 0.389. The van der Waals surface area contributed by atoms with Crippen molar-refractivity contribution in [2.45, 2.75) is 68.0 Å². The van der Waals surface area contributed by atoms with Crippen LogP contribution in [0, 0.1) is 5.92 Å². The fourth-order valence-corrected chi connectivity index (χ4v) is 6.23. The molecule has 1 saturated carbocycles. The first-order valence-corrected chi connectivity index (χ1v) is 12.9. The normalized spacial score (nSPS) is 15.8. The van der Waals surface area contributed by atoms with Gasteiger partial charge in [-0.05, 0) is 67.6 Å². The van der Waals surface area contributed by atoms with Crippen LogP contribution >= 0.6 is 23.1 Å². The monoisotopic (exact) mass is 482 g/mol. The number of amides is 1. The lowest BCUT2D eigenvalue weighted by atomic mass is 9.98. The van der Waals surface area contributed by atoms with Gasteiger partial charge in [0.05, 0.1) is 15.2 Å². The number of ether oxygens (including phenoxy) is 1. The molecule has 33 heavy (non-hydrogen) atoms. The van der Waals surface area contributed by atoms with E-state index < -0.39 is 0 Å².